The minimum atomic E-state index is -4.00. The van der Waals surface area contributed by atoms with E-state index in [2.05, 4.69) is 4.72 Å². The van der Waals surface area contributed by atoms with E-state index < -0.39 is 51.8 Å². The van der Waals surface area contributed by atoms with Crippen LogP contribution in [-0.2, 0) is 19.6 Å². The molecule has 2 aromatic carbocycles. The summed E-state index contributed by atoms with van der Waals surface area (Å²) in [4.78, 5) is 27.3. The maximum Gasteiger partial charge on any atom is 0.326 e. The number of hydrogen-bond donors (Lipinski definition) is 2. The second-order valence-corrected chi connectivity index (χ2v) is 10.9. The summed E-state index contributed by atoms with van der Waals surface area (Å²) in [5, 5.41) is 10.2. The van der Waals surface area contributed by atoms with Crippen LogP contribution in [0.2, 0.25) is 5.02 Å². The first-order valence-electron chi connectivity index (χ1n) is 10.9. The summed E-state index contributed by atoms with van der Waals surface area (Å²) in [7, 11) is -4.00. The molecule has 0 saturated carbocycles. The van der Waals surface area contributed by atoms with E-state index in [0.717, 1.165) is 11.2 Å². The molecular weight excluding hydrogens is 495 g/mol. The molecule has 4 rings (SSSR count). The number of allylic oxidation sites excluding steroid dienone is 2. The second kappa shape index (κ2) is 9.56. The molecule has 0 radical (unpaired) electrons. The number of aliphatic carboxylic acids is 1. The van der Waals surface area contributed by atoms with Gasteiger partial charge in [-0.15, -0.1) is 0 Å². The molecule has 0 aromatic heterocycles. The third-order valence-electron chi connectivity index (χ3n) is 6.26. The fourth-order valence-corrected chi connectivity index (χ4v) is 5.95. The van der Waals surface area contributed by atoms with Gasteiger partial charge in [0.15, 0.2) is 0 Å². The molecule has 1 unspecified atom stereocenters. The van der Waals surface area contributed by atoms with Gasteiger partial charge in [-0.3, -0.25) is 4.79 Å². The molecule has 1 aliphatic carbocycles. The number of hydrogen-bond acceptors (Lipinski definition) is 4. The van der Waals surface area contributed by atoms with Gasteiger partial charge in [0, 0.05) is 17.0 Å². The molecule has 184 valence electrons. The predicted molar refractivity (Wildman–Crippen MR) is 131 cm³/mol. The molecule has 0 spiro atoms. The zero-order valence-electron chi connectivity index (χ0n) is 18.8. The Morgan fingerprint density at radius 2 is 1.77 bits per heavy atom. The summed E-state index contributed by atoms with van der Waals surface area (Å²) in [6.07, 6.45) is 3.39. The number of carboxylic acid groups (broad SMARTS) is 1. The van der Waals surface area contributed by atoms with Crippen LogP contribution < -0.4 is 4.72 Å². The van der Waals surface area contributed by atoms with E-state index in [9.17, 15) is 23.1 Å². The third-order valence-corrected chi connectivity index (χ3v) is 7.34. The number of sulfonamides is 1. The van der Waals surface area contributed by atoms with E-state index in [1.165, 1.54) is 12.2 Å². The van der Waals surface area contributed by atoms with Crippen molar-refractivity contribution in [3.63, 3.8) is 0 Å². The Balaban J connectivity index is 1.80. The molecule has 2 aliphatic rings. The zero-order chi connectivity index (χ0) is 25.4. The summed E-state index contributed by atoms with van der Waals surface area (Å²) >= 11 is 6.36. The van der Waals surface area contributed by atoms with Crippen molar-refractivity contribution in [2.75, 3.05) is 6.26 Å². The Labute approximate surface area is 207 Å². The van der Waals surface area contributed by atoms with Crippen molar-refractivity contribution in [3.05, 3.63) is 88.7 Å². The standard InChI is InChI=1S/C25H24ClFN2O5S/c1-35(33,34)28-25(14-13-17(20(27)15-25)16-7-3-2-4-8-16)24(32)29-21(11-12-22(29)23(30)31)18-9-5-6-10-19(18)26/h2-10,13-14,21-22,28H,11-12,15H2,1H3,(H,30,31)/t21-,22+,25?/m1/s1. The van der Waals surface area contributed by atoms with Gasteiger partial charge in [-0.1, -0.05) is 72.3 Å². The van der Waals surface area contributed by atoms with Gasteiger partial charge >= 0.3 is 5.97 Å². The topological polar surface area (TPSA) is 104 Å². The molecular formula is C25H24ClFN2O5S. The monoisotopic (exact) mass is 518 g/mol. The number of likely N-dealkylation sites (tertiary alicyclic amines) is 1. The largest absolute Gasteiger partial charge is 0.480 e. The van der Waals surface area contributed by atoms with Gasteiger partial charge in [-0.25, -0.2) is 17.6 Å². The SMILES string of the molecule is CS(=O)(=O)NC1(C(=O)N2[C@@H](c3ccccc3Cl)CC[C@H]2C(=O)O)C=CC(c2ccccc2)=C(F)C1. The highest BCUT2D eigenvalue weighted by Crippen LogP contribution is 2.43. The summed E-state index contributed by atoms with van der Waals surface area (Å²) in [5.74, 6) is -2.77. The lowest BCUT2D eigenvalue weighted by molar-refractivity contribution is -0.151. The van der Waals surface area contributed by atoms with E-state index in [-0.39, 0.29) is 12.0 Å². The normalized spacial score (nSPS) is 24.6. The van der Waals surface area contributed by atoms with E-state index in [4.69, 9.17) is 11.6 Å². The second-order valence-electron chi connectivity index (χ2n) is 8.72. The maximum atomic E-state index is 15.5. The molecule has 35 heavy (non-hydrogen) atoms. The van der Waals surface area contributed by atoms with Crippen molar-refractivity contribution in [1.29, 1.82) is 0 Å². The Morgan fingerprint density at radius 3 is 2.37 bits per heavy atom. The number of carboxylic acids is 1. The van der Waals surface area contributed by atoms with Crippen molar-refractivity contribution in [2.45, 2.75) is 36.9 Å². The van der Waals surface area contributed by atoms with Crippen LogP contribution in [0.25, 0.3) is 5.57 Å². The van der Waals surface area contributed by atoms with Crippen LogP contribution in [-0.4, -0.2) is 48.1 Å². The molecule has 2 N–H and O–H groups in total. The fourth-order valence-electron chi connectivity index (χ4n) is 4.79. The number of rotatable bonds is 6. The van der Waals surface area contributed by atoms with Gasteiger partial charge in [-0.05, 0) is 30.0 Å². The van der Waals surface area contributed by atoms with Gasteiger partial charge in [0.05, 0.1) is 12.3 Å². The van der Waals surface area contributed by atoms with Crippen LogP contribution in [0.15, 0.2) is 72.6 Å². The highest BCUT2D eigenvalue weighted by atomic mass is 35.5. The van der Waals surface area contributed by atoms with Gasteiger partial charge in [0.1, 0.15) is 17.4 Å². The van der Waals surface area contributed by atoms with Crippen molar-refractivity contribution in [1.82, 2.24) is 9.62 Å². The molecule has 7 nitrogen and oxygen atoms in total. The Hall–Kier alpha value is -3.01. The number of benzene rings is 2. The van der Waals surface area contributed by atoms with E-state index in [1.54, 1.807) is 54.6 Å². The summed E-state index contributed by atoms with van der Waals surface area (Å²) in [5.41, 5.74) is -0.696. The molecule has 1 aliphatic heterocycles. The lowest BCUT2D eigenvalue weighted by Crippen LogP contribution is -2.60. The first-order chi connectivity index (χ1) is 16.5. The summed E-state index contributed by atoms with van der Waals surface area (Å²) in [6, 6.07) is 13.5. The van der Waals surface area contributed by atoms with Crippen LogP contribution in [0, 0.1) is 0 Å². The highest BCUT2D eigenvalue weighted by molar-refractivity contribution is 7.88. The highest BCUT2D eigenvalue weighted by Gasteiger charge is 2.51. The minimum absolute atomic E-state index is 0.142. The first-order valence-corrected chi connectivity index (χ1v) is 13.2. The van der Waals surface area contributed by atoms with Crippen LogP contribution in [0.3, 0.4) is 0 Å². The van der Waals surface area contributed by atoms with Crippen LogP contribution in [0.4, 0.5) is 4.39 Å². The maximum absolute atomic E-state index is 15.5. The Bertz CT molecular complexity index is 1330. The minimum Gasteiger partial charge on any atom is -0.480 e. The van der Waals surface area contributed by atoms with Gasteiger partial charge in [0.2, 0.25) is 15.9 Å². The van der Waals surface area contributed by atoms with Crippen LogP contribution in [0.5, 0.6) is 0 Å². The fraction of sp³-hybridized carbons (Fsp3) is 0.280. The average Bonchev–Trinajstić information content (AvgIpc) is 3.23. The van der Waals surface area contributed by atoms with Crippen LogP contribution >= 0.6 is 11.6 Å². The summed E-state index contributed by atoms with van der Waals surface area (Å²) in [6.45, 7) is 0. The molecule has 0 bridgehead atoms. The molecule has 3 atom stereocenters. The quantitative estimate of drug-likeness (QED) is 0.599. The van der Waals surface area contributed by atoms with Gasteiger partial charge in [0.25, 0.3) is 0 Å². The zero-order valence-corrected chi connectivity index (χ0v) is 20.4. The number of halogens is 2. The third kappa shape index (κ3) is 5.03. The molecule has 10 heteroatoms. The number of carbonyl (C=O) groups excluding carboxylic acids is 1. The lowest BCUT2D eigenvalue weighted by atomic mass is 9.84. The van der Waals surface area contributed by atoms with E-state index >= 15 is 4.39 Å². The van der Waals surface area contributed by atoms with Gasteiger partial charge in [-0.2, -0.15) is 4.72 Å². The van der Waals surface area contributed by atoms with E-state index in [1.807, 2.05) is 0 Å². The first kappa shape index (κ1) is 25.1. The molecule has 2 aromatic rings. The lowest BCUT2D eigenvalue weighted by Gasteiger charge is -2.39. The van der Waals surface area contributed by atoms with Crippen LogP contribution in [0.1, 0.15) is 36.4 Å². The predicted octanol–water partition coefficient (Wildman–Crippen LogP) is 4.09. The smallest absolute Gasteiger partial charge is 0.326 e. The van der Waals surface area contributed by atoms with Crippen molar-refractivity contribution in [2.24, 2.45) is 0 Å². The Morgan fingerprint density at radius 1 is 1.11 bits per heavy atom. The number of nitrogens with zero attached hydrogens (tertiary/aromatic N) is 1. The van der Waals surface area contributed by atoms with Gasteiger partial charge < -0.3 is 10.0 Å². The molecule has 1 amide bonds. The number of amides is 1. The van der Waals surface area contributed by atoms with Crippen molar-refractivity contribution in [3.8, 4) is 0 Å². The van der Waals surface area contributed by atoms with Crippen molar-refractivity contribution < 1.29 is 27.5 Å². The van der Waals surface area contributed by atoms with E-state index in [0.29, 0.717) is 22.6 Å². The summed E-state index contributed by atoms with van der Waals surface area (Å²) < 4.78 is 42.4. The van der Waals surface area contributed by atoms with Crippen molar-refractivity contribution >= 4 is 39.1 Å². The molecule has 1 heterocycles. The molecule has 1 saturated heterocycles. The molecule has 1 fully saturated rings. The average molecular weight is 519 g/mol. The number of nitrogens with one attached hydrogen (secondary N) is 1. The Kier molecular flexibility index (Phi) is 6.86. The number of carbonyl (C=O) groups is 2.